The van der Waals surface area contributed by atoms with Gasteiger partial charge in [-0.15, -0.1) is 0 Å². The molecule has 0 aromatic carbocycles. The van der Waals surface area contributed by atoms with Gasteiger partial charge in [0.1, 0.15) is 0 Å². The molecule has 0 aliphatic rings. The molecule has 0 spiro atoms. The molecule has 0 amide bonds. The van der Waals surface area contributed by atoms with Crippen molar-refractivity contribution in [3.05, 3.63) is 11.6 Å². The lowest BCUT2D eigenvalue weighted by atomic mass is 9.99. The smallest absolute Gasteiger partial charge is 0.191 e. The predicted octanol–water partition coefficient (Wildman–Crippen LogP) is 9.05. The minimum Gasteiger partial charge on any atom is -0.417 e. The average Bonchev–Trinajstić information content (AvgIpc) is 2.56. The van der Waals surface area contributed by atoms with E-state index in [4.69, 9.17) is 4.43 Å². The summed E-state index contributed by atoms with van der Waals surface area (Å²) < 4.78 is 6.35. The molecule has 0 radical (unpaired) electrons. The second kappa shape index (κ2) is 14.9. The molecule has 156 valence electrons. The fourth-order valence-electron chi connectivity index (χ4n) is 3.03. The highest BCUT2D eigenvalue weighted by atomic mass is 28.4. The van der Waals surface area contributed by atoms with Crippen LogP contribution >= 0.6 is 0 Å². The molecular weight excluding hydrogens is 332 g/mol. The molecule has 0 fully saturated rings. The van der Waals surface area contributed by atoms with Gasteiger partial charge in [0.05, 0.1) is 0 Å². The number of unbranched alkanes of at least 4 members (excludes halogenated alkanes) is 8. The largest absolute Gasteiger partial charge is 0.417 e. The SMILES string of the molecule is CCCCCCCC(=CCCO[Si](C)(C)C(C)(C)C)CCCCCCC. The molecule has 0 saturated heterocycles. The molecule has 0 rings (SSSR count). The molecular formula is C24H50OSi. The van der Waals surface area contributed by atoms with E-state index in [0.717, 1.165) is 13.0 Å². The zero-order valence-electron chi connectivity index (χ0n) is 19.4. The highest BCUT2D eigenvalue weighted by molar-refractivity contribution is 6.74. The Hall–Kier alpha value is -0.0831. The second-order valence-corrected chi connectivity index (χ2v) is 14.4. The van der Waals surface area contributed by atoms with Crippen LogP contribution in [0.2, 0.25) is 18.1 Å². The maximum absolute atomic E-state index is 6.35. The predicted molar refractivity (Wildman–Crippen MR) is 123 cm³/mol. The van der Waals surface area contributed by atoms with Gasteiger partial charge in [-0.05, 0) is 50.2 Å². The summed E-state index contributed by atoms with van der Waals surface area (Å²) in [5.41, 5.74) is 1.71. The van der Waals surface area contributed by atoms with E-state index in [0.29, 0.717) is 5.04 Å². The van der Waals surface area contributed by atoms with E-state index in [1.807, 2.05) is 0 Å². The van der Waals surface area contributed by atoms with Crippen LogP contribution in [0.1, 0.15) is 118 Å². The Balaban J connectivity index is 4.30. The van der Waals surface area contributed by atoms with Crippen LogP contribution in [0.15, 0.2) is 11.6 Å². The zero-order valence-corrected chi connectivity index (χ0v) is 20.4. The van der Waals surface area contributed by atoms with Crippen molar-refractivity contribution >= 4 is 8.32 Å². The van der Waals surface area contributed by atoms with Gasteiger partial charge in [-0.3, -0.25) is 0 Å². The molecule has 0 aromatic rings. The molecule has 0 bridgehead atoms. The minimum atomic E-state index is -1.59. The summed E-state index contributed by atoms with van der Waals surface area (Å²) in [7, 11) is -1.59. The summed E-state index contributed by atoms with van der Waals surface area (Å²) in [6, 6.07) is 0. The maximum atomic E-state index is 6.35. The van der Waals surface area contributed by atoms with Crippen LogP contribution in [0.5, 0.6) is 0 Å². The first-order chi connectivity index (χ1) is 12.2. The number of allylic oxidation sites excluding steroid dienone is 1. The monoisotopic (exact) mass is 382 g/mol. The van der Waals surface area contributed by atoms with Gasteiger partial charge in [-0.1, -0.05) is 97.6 Å². The van der Waals surface area contributed by atoms with Gasteiger partial charge >= 0.3 is 0 Å². The standard InChI is InChI=1S/C24H50OSi/c1-8-10-12-14-16-19-23(20-17-15-13-11-9-2)21-18-22-25-26(6,7)24(3,4)5/h21H,8-20,22H2,1-7H3. The molecule has 2 heteroatoms. The molecule has 0 aliphatic heterocycles. The first-order valence-electron chi connectivity index (χ1n) is 11.6. The van der Waals surface area contributed by atoms with Crippen LogP contribution < -0.4 is 0 Å². The van der Waals surface area contributed by atoms with E-state index < -0.39 is 8.32 Å². The third kappa shape index (κ3) is 13.1. The van der Waals surface area contributed by atoms with Gasteiger partial charge in [-0.25, -0.2) is 0 Å². The van der Waals surface area contributed by atoms with E-state index in [-0.39, 0.29) is 0 Å². The Morgan fingerprint density at radius 3 is 1.65 bits per heavy atom. The van der Waals surface area contributed by atoms with Crippen LogP contribution in [0.25, 0.3) is 0 Å². The molecule has 0 heterocycles. The Bertz CT molecular complexity index is 336. The van der Waals surface area contributed by atoms with E-state index in [9.17, 15) is 0 Å². The normalized spacial score (nSPS) is 12.4. The molecule has 26 heavy (non-hydrogen) atoms. The Morgan fingerprint density at radius 2 is 1.23 bits per heavy atom. The lowest BCUT2D eigenvalue weighted by Gasteiger charge is -2.36. The maximum Gasteiger partial charge on any atom is 0.191 e. The van der Waals surface area contributed by atoms with Crippen molar-refractivity contribution in [2.24, 2.45) is 0 Å². The molecule has 1 nitrogen and oxygen atoms in total. The molecule has 0 aliphatic carbocycles. The molecule has 0 atom stereocenters. The highest BCUT2D eigenvalue weighted by Crippen LogP contribution is 2.36. The van der Waals surface area contributed by atoms with E-state index in [2.05, 4.69) is 53.8 Å². The van der Waals surface area contributed by atoms with Crippen LogP contribution in [-0.4, -0.2) is 14.9 Å². The lowest BCUT2D eigenvalue weighted by Crippen LogP contribution is -2.40. The molecule has 0 N–H and O–H groups in total. The van der Waals surface area contributed by atoms with Crippen LogP contribution in [0, 0.1) is 0 Å². The van der Waals surface area contributed by atoms with Gasteiger partial charge in [0.25, 0.3) is 0 Å². The lowest BCUT2D eigenvalue weighted by molar-refractivity contribution is 0.294. The zero-order chi connectivity index (χ0) is 19.9. The fraction of sp³-hybridized carbons (Fsp3) is 0.917. The first kappa shape index (κ1) is 25.9. The van der Waals surface area contributed by atoms with Crippen molar-refractivity contribution < 1.29 is 4.43 Å². The van der Waals surface area contributed by atoms with Crippen LogP contribution in [-0.2, 0) is 4.43 Å². The number of rotatable bonds is 16. The summed E-state index contributed by atoms with van der Waals surface area (Å²) in [6.07, 6.45) is 20.1. The third-order valence-electron chi connectivity index (χ3n) is 6.02. The van der Waals surface area contributed by atoms with Crippen molar-refractivity contribution in [1.82, 2.24) is 0 Å². The fourth-order valence-corrected chi connectivity index (χ4v) is 4.10. The topological polar surface area (TPSA) is 9.23 Å². The Morgan fingerprint density at radius 1 is 0.769 bits per heavy atom. The molecule has 0 saturated carbocycles. The van der Waals surface area contributed by atoms with Gasteiger partial charge in [-0.2, -0.15) is 0 Å². The van der Waals surface area contributed by atoms with Gasteiger partial charge in [0, 0.05) is 6.61 Å². The van der Waals surface area contributed by atoms with Crippen molar-refractivity contribution in [3.63, 3.8) is 0 Å². The quantitative estimate of drug-likeness (QED) is 0.147. The average molecular weight is 383 g/mol. The van der Waals surface area contributed by atoms with Gasteiger partial charge in [0.15, 0.2) is 8.32 Å². The number of hydrogen-bond donors (Lipinski definition) is 0. The first-order valence-corrected chi connectivity index (χ1v) is 14.5. The summed E-state index contributed by atoms with van der Waals surface area (Å²) in [5, 5.41) is 0.318. The summed E-state index contributed by atoms with van der Waals surface area (Å²) >= 11 is 0. The summed E-state index contributed by atoms with van der Waals surface area (Å²) in [4.78, 5) is 0. The summed E-state index contributed by atoms with van der Waals surface area (Å²) in [6.45, 7) is 17.2. The van der Waals surface area contributed by atoms with Crippen LogP contribution in [0.4, 0.5) is 0 Å². The highest BCUT2D eigenvalue weighted by Gasteiger charge is 2.36. The third-order valence-corrected chi connectivity index (χ3v) is 10.6. The van der Waals surface area contributed by atoms with Crippen molar-refractivity contribution in [2.75, 3.05) is 6.61 Å². The summed E-state index contributed by atoms with van der Waals surface area (Å²) in [5.74, 6) is 0. The van der Waals surface area contributed by atoms with E-state index >= 15 is 0 Å². The number of hydrogen-bond acceptors (Lipinski definition) is 1. The van der Waals surface area contributed by atoms with Crippen molar-refractivity contribution in [2.45, 2.75) is 136 Å². The van der Waals surface area contributed by atoms with Crippen molar-refractivity contribution in [1.29, 1.82) is 0 Å². The van der Waals surface area contributed by atoms with Crippen molar-refractivity contribution in [3.8, 4) is 0 Å². The second-order valence-electron chi connectivity index (χ2n) is 9.59. The molecule has 0 aromatic heterocycles. The Kier molecular flexibility index (Phi) is 14.9. The molecule has 0 unspecified atom stereocenters. The van der Waals surface area contributed by atoms with E-state index in [1.165, 1.54) is 77.0 Å². The van der Waals surface area contributed by atoms with Crippen LogP contribution in [0.3, 0.4) is 0 Å². The van der Waals surface area contributed by atoms with E-state index in [1.54, 1.807) is 5.57 Å². The van der Waals surface area contributed by atoms with Gasteiger partial charge < -0.3 is 4.43 Å². The van der Waals surface area contributed by atoms with Gasteiger partial charge in [0.2, 0.25) is 0 Å². The Labute approximate surface area is 167 Å². The minimum absolute atomic E-state index is 0.318.